The summed E-state index contributed by atoms with van der Waals surface area (Å²) in [7, 11) is 2.14. The van der Waals surface area contributed by atoms with Crippen molar-refractivity contribution in [2.75, 3.05) is 38.1 Å². The van der Waals surface area contributed by atoms with Gasteiger partial charge in [0, 0.05) is 49.8 Å². The second-order valence-electron chi connectivity index (χ2n) is 14.3. The first-order valence-corrected chi connectivity index (χ1v) is 16.5. The van der Waals surface area contributed by atoms with E-state index in [1.165, 1.54) is 0 Å². The predicted molar refractivity (Wildman–Crippen MR) is 166 cm³/mol. The molecule has 2 aliphatic carbocycles. The minimum atomic E-state index is -0.566. The van der Waals surface area contributed by atoms with Crippen molar-refractivity contribution in [2.45, 2.75) is 122 Å². The number of fused-ring (bicyclic) bond motifs is 2. The normalized spacial score (nSPS) is 27.0. The molecule has 2 aliphatic heterocycles. The number of likely N-dealkylation sites (tertiary alicyclic amines) is 1. The number of carbonyl (C=O) groups is 2. The van der Waals surface area contributed by atoms with Gasteiger partial charge in [0.15, 0.2) is 17.3 Å². The number of nitrogens with zero attached hydrogens (tertiary/aromatic N) is 6. The summed E-state index contributed by atoms with van der Waals surface area (Å²) in [5.41, 5.74) is 0.448. The zero-order chi connectivity index (χ0) is 31.2. The number of hydrogen-bond acceptors (Lipinski definition) is 10. The molecule has 6 rings (SSSR count). The minimum Gasteiger partial charge on any atom is -0.473 e. The van der Waals surface area contributed by atoms with Crippen molar-refractivity contribution in [2.24, 2.45) is 0 Å². The molecule has 44 heavy (non-hydrogen) atoms. The second kappa shape index (κ2) is 11.9. The summed E-state index contributed by atoms with van der Waals surface area (Å²) in [5.74, 6) is 2.68. The molecule has 240 valence electrons. The number of hydrogen-bond donors (Lipinski definition) is 0. The van der Waals surface area contributed by atoms with Crippen LogP contribution in [0.2, 0.25) is 0 Å². The number of carbonyl (C=O) groups excluding carboxylic acids is 2. The lowest BCUT2D eigenvalue weighted by Crippen LogP contribution is -2.55. The molecule has 2 saturated heterocycles. The van der Waals surface area contributed by atoms with Gasteiger partial charge < -0.3 is 23.8 Å². The molecule has 2 aromatic heterocycles. The van der Waals surface area contributed by atoms with Gasteiger partial charge in [-0.2, -0.15) is 4.98 Å². The van der Waals surface area contributed by atoms with Crippen LogP contribution >= 0.6 is 0 Å². The Labute approximate surface area is 260 Å². The quantitative estimate of drug-likeness (QED) is 0.451. The first-order chi connectivity index (χ1) is 20.9. The Hall–Kier alpha value is -3.21. The van der Waals surface area contributed by atoms with Gasteiger partial charge in [0.25, 0.3) is 0 Å². The van der Waals surface area contributed by atoms with Crippen LogP contribution in [0.15, 0.2) is 10.6 Å². The summed E-state index contributed by atoms with van der Waals surface area (Å²) >= 11 is 0. The molecule has 4 aliphatic rings. The van der Waals surface area contributed by atoms with Crippen molar-refractivity contribution in [3.63, 3.8) is 0 Å². The molecule has 1 amide bonds. The maximum absolute atomic E-state index is 13.3. The zero-order valence-corrected chi connectivity index (χ0v) is 27.2. The molecular formula is C33H48N6O5. The highest BCUT2D eigenvalue weighted by atomic mass is 16.6. The van der Waals surface area contributed by atoms with Gasteiger partial charge >= 0.3 is 6.09 Å². The topological polar surface area (TPSA) is 114 Å². The zero-order valence-electron chi connectivity index (χ0n) is 27.2. The molecule has 0 unspecified atom stereocenters. The van der Waals surface area contributed by atoms with Crippen LogP contribution in [0, 0.1) is 0 Å². The minimum absolute atomic E-state index is 0.0598. The summed E-state index contributed by atoms with van der Waals surface area (Å²) in [6.45, 7) is 12.5. The molecule has 11 heteroatoms. The van der Waals surface area contributed by atoms with E-state index >= 15 is 0 Å². The molecule has 4 atom stereocenters. The van der Waals surface area contributed by atoms with Gasteiger partial charge in [-0.3, -0.25) is 9.69 Å². The Morgan fingerprint density at radius 3 is 2.59 bits per heavy atom. The summed E-state index contributed by atoms with van der Waals surface area (Å²) in [5, 5.41) is 4.53. The number of amides is 1. The van der Waals surface area contributed by atoms with Gasteiger partial charge in [0.05, 0.1) is 5.41 Å². The molecule has 0 N–H and O–H groups in total. The fourth-order valence-electron chi connectivity index (χ4n) is 7.67. The van der Waals surface area contributed by atoms with Crippen LogP contribution in [-0.4, -0.2) is 93.8 Å². The van der Waals surface area contributed by atoms with Crippen LogP contribution in [0.3, 0.4) is 0 Å². The third kappa shape index (κ3) is 5.91. The molecule has 11 nitrogen and oxygen atoms in total. The van der Waals surface area contributed by atoms with Crippen molar-refractivity contribution in [3.05, 3.63) is 17.4 Å². The summed E-state index contributed by atoms with van der Waals surface area (Å²) in [4.78, 5) is 42.4. The summed E-state index contributed by atoms with van der Waals surface area (Å²) in [6, 6.07) is 2.14. The molecular weight excluding hydrogens is 560 g/mol. The second-order valence-corrected chi connectivity index (χ2v) is 14.3. The van der Waals surface area contributed by atoms with E-state index < -0.39 is 11.0 Å². The van der Waals surface area contributed by atoms with Gasteiger partial charge in [-0.05, 0) is 93.2 Å². The Balaban J connectivity index is 1.32. The molecule has 0 aromatic carbocycles. The molecule has 3 fully saturated rings. The maximum atomic E-state index is 13.3. The summed E-state index contributed by atoms with van der Waals surface area (Å²) in [6.07, 6.45) is 7.75. The molecule has 0 radical (unpaired) electrons. The van der Waals surface area contributed by atoms with Crippen molar-refractivity contribution in [3.8, 4) is 17.4 Å². The van der Waals surface area contributed by atoms with E-state index in [0.717, 1.165) is 75.1 Å². The van der Waals surface area contributed by atoms with Crippen LogP contribution in [0.25, 0.3) is 11.5 Å². The van der Waals surface area contributed by atoms with Crippen LogP contribution in [-0.2, 0) is 21.4 Å². The van der Waals surface area contributed by atoms with Crippen molar-refractivity contribution in [1.82, 2.24) is 24.9 Å². The average Bonchev–Trinajstić information content (AvgIpc) is 3.60. The fourth-order valence-corrected chi connectivity index (χ4v) is 7.67. The third-order valence-electron chi connectivity index (χ3n) is 9.95. The first kappa shape index (κ1) is 30.8. The number of piperazine rings is 1. The monoisotopic (exact) mass is 608 g/mol. The maximum Gasteiger partial charge on any atom is 0.410 e. The van der Waals surface area contributed by atoms with Crippen LogP contribution in [0.1, 0.15) is 97.3 Å². The van der Waals surface area contributed by atoms with Gasteiger partial charge in [0.1, 0.15) is 23.3 Å². The van der Waals surface area contributed by atoms with Gasteiger partial charge in [0.2, 0.25) is 5.88 Å². The van der Waals surface area contributed by atoms with E-state index in [9.17, 15) is 9.59 Å². The van der Waals surface area contributed by atoms with Crippen molar-refractivity contribution >= 4 is 17.7 Å². The third-order valence-corrected chi connectivity index (χ3v) is 9.95. The lowest BCUT2D eigenvalue weighted by Gasteiger charge is -2.40. The highest BCUT2D eigenvalue weighted by molar-refractivity contribution is 5.91. The Kier molecular flexibility index (Phi) is 8.36. The van der Waals surface area contributed by atoms with Gasteiger partial charge in [-0.15, -0.1) is 0 Å². The highest BCUT2D eigenvalue weighted by Gasteiger charge is 2.48. The number of ketones is 1. The number of aromatic nitrogens is 3. The highest BCUT2D eigenvalue weighted by Crippen LogP contribution is 2.47. The Morgan fingerprint density at radius 2 is 1.89 bits per heavy atom. The Bertz CT molecular complexity index is 1390. The molecule has 4 heterocycles. The van der Waals surface area contributed by atoms with E-state index in [0.29, 0.717) is 49.5 Å². The number of Topliss-reactive ketones (excluding diaryl/α,β-unsaturated/α-hetero) is 1. The standard InChI is InChI=1S/C33H48N6O5/c1-21-20-38(17-18-39(21)31(41)43-32(3,4)5)26-19-27(42-22(2)24-12-10-16-37(24)6)35-30(34-26)28-23-11-9-15-33(29(23)44-36-28)14-8-7-13-25(33)40/h19,21-22,24H,7-18,20H2,1-6H3/t21-,22+,24+,33-/m1/s1. The number of ether oxygens (including phenoxy) is 2. The number of anilines is 1. The number of likely N-dealkylation sites (N-methyl/N-ethyl adjacent to an activating group) is 1. The summed E-state index contributed by atoms with van der Waals surface area (Å²) < 4.78 is 18.2. The molecule has 1 spiro atoms. The van der Waals surface area contributed by atoms with E-state index in [1.54, 1.807) is 4.90 Å². The van der Waals surface area contributed by atoms with E-state index in [4.69, 9.17) is 24.0 Å². The first-order valence-electron chi connectivity index (χ1n) is 16.5. The van der Waals surface area contributed by atoms with Crippen LogP contribution in [0.4, 0.5) is 10.6 Å². The number of rotatable bonds is 5. The fraction of sp³-hybridized carbons (Fsp3) is 0.727. The SMILES string of the molecule is C[C@H](Oc1cc(N2CCN(C(=O)OC(C)(C)C)[C@H](C)C2)nc(-c2noc3c2CCC[C@@]32CCCCC2=O)n1)[C@@H]1CCCN1C. The van der Waals surface area contributed by atoms with E-state index in [1.807, 2.05) is 33.8 Å². The largest absolute Gasteiger partial charge is 0.473 e. The van der Waals surface area contributed by atoms with E-state index in [2.05, 4.69) is 28.9 Å². The predicted octanol–water partition coefficient (Wildman–Crippen LogP) is 5.16. The lowest BCUT2D eigenvalue weighted by molar-refractivity contribution is -0.128. The van der Waals surface area contributed by atoms with Gasteiger partial charge in [-0.25, -0.2) is 9.78 Å². The average molecular weight is 609 g/mol. The Morgan fingerprint density at radius 1 is 1.09 bits per heavy atom. The van der Waals surface area contributed by atoms with Crippen molar-refractivity contribution < 1.29 is 23.6 Å². The molecule has 0 bridgehead atoms. The van der Waals surface area contributed by atoms with Gasteiger partial charge in [-0.1, -0.05) is 11.6 Å². The van der Waals surface area contributed by atoms with Crippen molar-refractivity contribution in [1.29, 1.82) is 0 Å². The van der Waals surface area contributed by atoms with Crippen LogP contribution < -0.4 is 9.64 Å². The van der Waals surface area contributed by atoms with Crippen LogP contribution in [0.5, 0.6) is 5.88 Å². The molecule has 2 aromatic rings. The van der Waals surface area contributed by atoms with E-state index in [-0.39, 0.29) is 24.0 Å². The smallest absolute Gasteiger partial charge is 0.410 e. The lowest BCUT2D eigenvalue weighted by atomic mass is 9.64. The molecule has 1 saturated carbocycles.